The third-order valence-electron chi connectivity index (χ3n) is 2.70. The third-order valence-corrected chi connectivity index (χ3v) is 2.70. The molecule has 1 nitrogen and oxygen atoms in total. The molecule has 1 rings (SSSR count). The van der Waals surface area contributed by atoms with Gasteiger partial charge in [0.2, 0.25) is 0 Å². The van der Waals surface area contributed by atoms with Crippen molar-refractivity contribution in [3.63, 3.8) is 0 Å². The maximum absolute atomic E-state index is 13.4. The molecule has 1 aromatic carbocycles. The van der Waals surface area contributed by atoms with Crippen molar-refractivity contribution in [3.8, 4) is 0 Å². The monoisotopic (exact) mass is 227 g/mol. The molecule has 0 bridgehead atoms. The van der Waals surface area contributed by atoms with E-state index in [1.54, 1.807) is 6.92 Å². The van der Waals surface area contributed by atoms with Gasteiger partial charge in [0.25, 0.3) is 0 Å². The molecule has 0 aliphatic heterocycles. The number of nitrogens with one attached hydrogen (secondary N) is 1. The molecule has 1 aromatic rings. The largest absolute Gasteiger partial charge is 0.320 e. The molecule has 16 heavy (non-hydrogen) atoms. The highest BCUT2D eigenvalue weighted by molar-refractivity contribution is 5.25. The molecule has 3 heteroatoms. The third kappa shape index (κ3) is 3.89. The first-order valence-corrected chi connectivity index (χ1v) is 5.74. The van der Waals surface area contributed by atoms with E-state index >= 15 is 0 Å². The number of benzene rings is 1. The van der Waals surface area contributed by atoms with E-state index in [-0.39, 0.29) is 11.6 Å². The molecule has 90 valence electrons. The predicted octanol–water partition coefficient (Wildman–Crippen LogP) is 3.21. The van der Waals surface area contributed by atoms with Crippen molar-refractivity contribution in [1.82, 2.24) is 5.32 Å². The molecule has 0 fully saturated rings. The van der Waals surface area contributed by atoms with Crippen LogP contribution in [-0.4, -0.2) is 13.6 Å². The molecule has 0 amide bonds. The van der Waals surface area contributed by atoms with Crippen LogP contribution in [0.25, 0.3) is 0 Å². The Balaban J connectivity index is 2.45. The molecular weight excluding hydrogens is 208 g/mol. The standard InChI is InChI=1S/C13H19F2N/c1-10-8-13(15)11(9-12(10)14)6-4-3-5-7-16-2/h8-9,16H,3-7H2,1-2H3. The fourth-order valence-electron chi connectivity index (χ4n) is 1.67. The van der Waals surface area contributed by atoms with E-state index in [2.05, 4.69) is 5.32 Å². The highest BCUT2D eigenvalue weighted by atomic mass is 19.1. The molecule has 0 aliphatic rings. The average Bonchev–Trinajstić information content (AvgIpc) is 2.25. The topological polar surface area (TPSA) is 12.0 Å². The SMILES string of the molecule is CNCCCCCc1cc(F)c(C)cc1F. The summed E-state index contributed by atoms with van der Waals surface area (Å²) in [6, 6.07) is 2.60. The van der Waals surface area contributed by atoms with E-state index in [9.17, 15) is 8.78 Å². The van der Waals surface area contributed by atoms with Gasteiger partial charge >= 0.3 is 0 Å². The lowest BCUT2D eigenvalue weighted by Crippen LogP contribution is -2.07. The first-order valence-electron chi connectivity index (χ1n) is 5.74. The fourth-order valence-corrected chi connectivity index (χ4v) is 1.67. The maximum Gasteiger partial charge on any atom is 0.126 e. The number of aryl methyl sites for hydroxylation is 2. The second kappa shape index (κ2) is 6.59. The molecule has 0 aliphatic carbocycles. The predicted molar refractivity (Wildman–Crippen MR) is 62.6 cm³/mol. The summed E-state index contributed by atoms with van der Waals surface area (Å²) in [6.07, 6.45) is 3.64. The Hall–Kier alpha value is -0.960. The Bertz CT molecular complexity index is 337. The zero-order chi connectivity index (χ0) is 12.0. The molecule has 1 N–H and O–H groups in total. The summed E-state index contributed by atoms with van der Waals surface area (Å²) < 4.78 is 26.6. The molecule has 0 spiro atoms. The van der Waals surface area contributed by atoms with Gasteiger partial charge < -0.3 is 5.32 Å². The van der Waals surface area contributed by atoms with E-state index in [0.717, 1.165) is 25.8 Å². The van der Waals surface area contributed by atoms with Gasteiger partial charge in [-0.1, -0.05) is 6.42 Å². The van der Waals surface area contributed by atoms with E-state index in [4.69, 9.17) is 0 Å². The summed E-state index contributed by atoms with van der Waals surface area (Å²) in [4.78, 5) is 0. The lowest BCUT2D eigenvalue weighted by atomic mass is 10.0. The summed E-state index contributed by atoms with van der Waals surface area (Å²) in [7, 11) is 1.91. The zero-order valence-corrected chi connectivity index (χ0v) is 9.95. The molecular formula is C13H19F2N. The molecule has 0 saturated carbocycles. The Labute approximate surface area is 95.9 Å². The minimum absolute atomic E-state index is 0.285. The number of unbranched alkanes of at least 4 members (excludes halogenated alkanes) is 2. The van der Waals surface area contributed by atoms with Crippen LogP contribution in [0.1, 0.15) is 30.4 Å². The minimum Gasteiger partial charge on any atom is -0.320 e. The van der Waals surface area contributed by atoms with Gasteiger partial charge in [0.05, 0.1) is 0 Å². The number of rotatable bonds is 6. The van der Waals surface area contributed by atoms with Gasteiger partial charge in [0.1, 0.15) is 11.6 Å². The minimum atomic E-state index is -0.313. The summed E-state index contributed by atoms with van der Waals surface area (Å²) >= 11 is 0. The fraction of sp³-hybridized carbons (Fsp3) is 0.538. The van der Waals surface area contributed by atoms with Crippen molar-refractivity contribution in [2.45, 2.75) is 32.6 Å². The van der Waals surface area contributed by atoms with Crippen LogP contribution in [-0.2, 0) is 6.42 Å². The Kier molecular flexibility index (Phi) is 5.39. The molecule has 0 atom stereocenters. The highest BCUT2D eigenvalue weighted by Crippen LogP contribution is 2.16. The van der Waals surface area contributed by atoms with Crippen LogP contribution in [0.4, 0.5) is 8.78 Å². The van der Waals surface area contributed by atoms with Gasteiger partial charge in [0, 0.05) is 0 Å². The van der Waals surface area contributed by atoms with E-state index in [1.165, 1.54) is 12.1 Å². The van der Waals surface area contributed by atoms with Crippen molar-refractivity contribution < 1.29 is 8.78 Å². The smallest absolute Gasteiger partial charge is 0.126 e. The normalized spacial score (nSPS) is 10.8. The Morgan fingerprint density at radius 3 is 2.50 bits per heavy atom. The van der Waals surface area contributed by atoms with Crippen LogP contribution in [0, 0.1) is 18.6 Å². The van der Waals surface area contributed by atoms with Crippen LogP contribution < -0.4 is 5.32 Å². The van der Waals surface area contributed by atoms with Gasteiger partial charge in [-0.3, -0.25) is 0 Å². The average molecular weight is 227 g/mol. The van der Waals surface area contributed by atoms with Crippen molar-refractivity contribution in [3.05, 3.63) is 34.9 Å². The second-order valence-corrected chi connectivity index (χ2v) is 4.11. The van der Waals surface area contributed by atoms with Gasteiger partial charge in [-0.25, -0.2) is 8.78 Å². The first kappa shape index (κ1) is 13.1. The quantitative estimate of drug-likeness (QED) is 0.736. The second-order valence-electron chi connectivity index (χ2n) is 4.11. The Morgan fingerprint density at radius 1 is 1.06 bits per heavy atom. The summed E-state index contributed by atoms with van der Waals surface area (Å²) in [6.45, 7) is 2.56. The van der Waals surface area contributed by atoms with Crippen molar-refractivity contribution in [2.75, 3.05) is 13.6 Å². The molecule has 0 aromatic heterocycles. The van der Waals surface area contributed by atoms with E-state index < -0.39 is 0 Å². The van der Waals surface area contributed by atoms with Crippen molar-refractivity contribution in [1.29, 1.82) is 0 Å². The molecule has 0 saturated heterocycles. The van der Waals surface area contributed by atoms with E-state index in [0.29, 0.717) is 17.5 Å². The van der Waals surface area contributed by atoms with Crippen LogP contribution >= 0.6 is 0 Å². The van der Waals surface area contributed by atoms with Crippen molar-refractivity contribution >= 4 is 0 Å². The summed E-state index contributed by atoms with van der Waals surface area (Å²) in [5.41, 5.74) is 0.865. The first-order chi connectivity index (χ1) is 7.65. The lowest BCUT2D eigenvalue weighted by molar-refractivity contribution is 0.567. The van der Waals surface area contributed by atoms with Crippen LogP contribution in [0.3, 0.4) is 0 Å². The van der Waals surface area contributed by atoms with E-state index in [1.807, 2.05) is 7.05 Å². The maximum atomic E-state index is 13.4. The lowest BCUT2D eigenvalue weighted by Gasteiger charge is -2.05. The molecule has 0 unspecified atom stereocenters. The highest BCUT2D eigenvalue weighted by Gasteiger charge is 2.06. The van der Waals surface area contributed by atoms with Crippen LogP contribution in [0.15, 0.2) is 12.1 Å². The van der Waals surface area contributed by atoms with Gasteiger partial charge in [-0.2, -0.15) is 0 Å². The van der Waals surface area contributed by atoms with Gasteiger partial charge in [-0.05, 0) is 63.0 Å². The van der Waals surface area contributed by atoms with Crippen LogP contribution in [0.2, 0.25) is 0 Å². The molecule has 0 heterocycles. The van der Waals surface area contributed by atoms with Crippen molar-refractivity contribution in [2.24, 2.45) is 0 Å². The summed E-state index contributed by atoms with van der Waals surface area (Å²) in [5, 5.41) is 3.06. The number of halogens is 2. The zero-order valence-electron chi connectivity index (χ0n) is 9.95. The summed E-state index contributed by atoms with van der Waals surface area (Å²) in [5.74, 6) is -0.598. The van der Waals surface area contributed by atoms with Crippen LogP contribution in [0.5, 0.6) is 0 Å². The van der Waals surface area contributed by atoms with Gasteiger partial charge in [0.15, 0.2) is 0 Å². The van der Waals surface area contributed by atoms with Gasteiger partial charge in [-0.15, -0.1) is 0 Å². The Morgan fingerprint density at radius 2 is 1.81 bits per heavy atom. The number of hydrogen-bond donors (Lipinski definition) is 1. The molecule has 0 radical (unpaired) electrons. The number of hydrogen-bond acceptors (Lipinski definition) is 1.